The highest BCUT2D eigenvalue weighted by atomic mass is 35.5. The van der Waals surface area contributed by atoms with Crippen LogP contribution in [-0.2, 0) is 22.6 Å². The van der Waals surface area contributed by atoms with Gasteiger partial charge in [0, 0.05) is 28.2 Å². The topological polar surface area (TPSA) is 49.4 Å². The van der Waals surface area contributed by atoms with Crippen LogP contribution in [0.2, 0.25) is 10.0 Å². The Labute approximate surface area is 174 Å². The van der Waals surface area contributed by atoms with Crippen molar-refractivity contribution in [3.05, 3.63) is 69.5 Å². The van der Waals surface area contributed by atoms with Crippen molar-refractivity contribution >= 4 is 35.0 Å². The highest BCUT2D eigenvalue weighted by Crippen LogP contribution is 2.27. The number of hydrogen-bond acceptors (Lipinski definition) is 2. The van der Waals surface area contributed by atoms with Gasteiger partial charge in [-0.1, -0.05) is 47.5 Å². The average molecular weight is 425 g/mol. The van der Waals surface area contributed by atoms with Crippen LogP contribution < -0.4 is 5.32 Å². The predicted octanol–water partition coefficient (Wildman–Crippen LogP) is 4.62. The maximum absolute atomic E-state index is 14.0. The van der Waals surface area contributed by atoms with Gasteiger partial charge in [0.15, 0.2) is 0 Å². The van der Waals surface area contributed by atoms with E-state index in [0.29, 0.717) is 15.6 Å². The molecule has 0 aliphatic carbocycles. The van der Waals surface area contributed by atoms with Crippen molar-refractivity contribution in [1.29, 1.82) is 0 Å². The summed E-state index contributed by atoms with van der Waals surface area (Å²) in [5, 5.41) is 3.59. The van der Waals surface area contributed by atoms with Gasteiger partial charge in [-0.15, -0.1) is 0 Å². The maximum atomic E-state index is 14.0. The van der Waals surface area contributed by atoms with Crippen LogP contribution in [0.25, 0.3) is 0 Å². The average Bonchev–Trinajstić information content (AvgIpc) is 2.62. The molecule has 0 saturated heterocycles. The first-order chi connectivity index (χ1) is 13.2. The minimum absolute atomic E-state index is 0.0402. The van der Waals surface area contributed by atoms with Gasteiger partial charge >= 0.3 is 0 Å². The normalized spacial score (nSPS) is 12.0. The Bertz CT molecular complexity index is 838. The Morgan fingerprint density at radius 2 is 1.64 bits per heavy atom. The van der Waals surface area contributed by atoms with Gasteiger partial charge < -0.3 is 10.2 Å². The molecule has 2 aromatic carbocycles. The molecular weight excluding hydrogens is 402 g/mol. The van der Waals surface area contributed by atoms with Gasteiger partial charge in [0.05, 0.1) is 6.42 Å². The molecule has 0 bridgehead atoms. The Hall–Kier alpha value is -2.11. The maximum Gasteiger partial charge on any atom is 0.242 e. The van der Waals surface area contributed by atoms with E-state index in [1.807, 2.05) is 13.8 Å². The summed E-state index contributed by atoms with van der Waals surface area (Å²) in [7, 11) is 0. The van der Waals surface area contributed by atoms with Crippen LogP contribution in [0.15, 0.2) is 42.5 Å². The van der Waals surface area contributed by atoms with Crippen LogP contribution in [-0.4, -0.2) is 28.8 Å². The van der Waals surface area contributed by atoms with Crippen molar-refractivity contribution in [1.82, 2.24) is 10.2 Å². The molecule has 0 fully saturated rings. The second-order valence-corrected chi connectivity index (χ2v) is 7.64. The Morgan fingerprint density at radius 1 is 1.04 bits per heavy atom. The number of benzene rings is 2. The molecule has 0 spiro atoms. The predicted molar refractivity (Wildman–Crippen MR) is 110 cm³/mol. The number of carbonyl (C=O) groups excluding carboxylic acids is 2. The quantitative estimate of drug-likeness (QED) is 0.704. The molecular formula is C21H23Cl2FN2O2. The Balaban J connectivity index is 2.33. The Kier molecular flexibility index (Phi) is 7.84. The van der Waals surface area contributed by atoms with Crippen LogP contribution >= 0.6 is 23.2 Å². The van der Waals surface area contributed by atoms with Crippen molar-refractivity contribution in [2.75, 3.05) is 0 Å². The van der Waals surface area contributed by atoms with E-state index < -0.39 is 17.8 Å². The van der Waals surface area contributed by atoms with Crippen LogP contribution in [0, 0.1) is 5.82 Å². The van der Waals surface area contributed by atoms with E-state index in [4.69, 9.17) is 23.2 Å². The number of amides is 2. The van der Waals surface area contributed by atoms with Crippen molar-refractivity contribution in [2.45, 2.75) is 45.8 Å². The van der Waals surface area contributed by atoms with Gasteiger partial charge in [-0.3, -0.25) is 9.59 Å². The van der Waals surface area contributed by atoms with Gasteiger partial charge in [0.25, 0.3) is 0 Å². The van der Waals surface area contributed by atoms with E-state index in [0.717, 1.165) is 0 Å². The largest absolute Gasteiger partial charge is 0.352 e. The molecule has 28 heavy (non-hydrogen) atoms. The van der Waals surface area contributed by atoms with E-state index in [2.05, 4.69) is 5.32 Å². The van der Waals surface area contributed by atoms with Crippen molar-refractivity contribution < 1.29 is 14.0 Å². The molecule has 2 amide bonds. The number of nitrogens with one attached hydrogen (secondary N) is 1. The van der Waals surface area contributed by atoms with Gasteiger partial charge in [-0.2, -0.15) is 0 Å². The van der Waals surface area contributed by atoms with Gasteiger partial charge in [-0.05, 0) is 44.5 Å². The molecule has 2 aromatic rings. The van der Waals surface area contributed by atoms with E-state index in [9.17, 15) is 14.0 Å². The lowest BCUT2D eigenvalue weighted by molar-refractivity contribution is -0.140. The molecule has 1 atom stereocenters. The molecule has 0 aliphatic heterocycles. The SMILES string of the molecule is CC(C)NC(=O)C(C)N(Cc1c(Cl)cccc1Cl)C(=O)Cc1ccccc1F. The number of hydrogen-bond donors (Lipinski definition) is 1. The van der Waals surface area contributed by atoms with E-state index >= 15 is 0 Å². The second kappa shape index (κ2) is 9.89. The lowest BCUT2D eigenvalue weighted by Crippen LogP contribution is -2.49. The number of carbonyl (C=O) groups is 2. The standard InChI is InChI=1S/C21H23Cl2FN2O2/c1-13(2)25-21(28)14(3)26(12-16-17(22)8-6-9-18(16)23)20(27)11-15-7-4-5-10-19(15)24/h4-10,13-14H,11-12H2,1-3H3,(H,25,28). The van der Waals surface area contributed by atoms with Crippen LogP contribution in [0.4, 0.5) is 4.39 Å². The third-order valence-corrected chi connectivity index (χ3v) is 5.00. The number of halogens is 3. The number of nitrogens with zero attached hydrogens (tertiary/aromatic N) is 1. The fourth-order valence-corrected chi connectivity index (χ4v) is 3.26. The summed E-state index contributed by atoms with van der Waals surface area (Å²) >= 11 is 12.5. The zero-order valence-corrected chi connectivity index (χ0v) is 17.5. The molecule has 0 aromatic heterocycles. The van der Waals surface area contributed by atoms with Crippen molar-refractivity contribution in [3.8, 4) is 0 Å². The first-order valence-corrected chi connectivity index (χ1v) is 9.72. The lowest BCUT2D eigenvalue weighted by atomic mass is 10.1. The Morgan fingerprint density at radius 3 is 2.21 bits per heavy atom. The zero-order valence-electron chi connectivity index (χ0n) is 16.0. The van der Waals surface area contributed by atoms with Gasteiger partial charge in [-0.25, -0.2) is 4.39 Å². The molecule has 7 heteroatoms. The summed E-state index contributed by atoms with van der Waals surface area (Å²) in [6, 6.07) is 10.2. The van der Waals surface area contributed by atoms with Crippen LogP contribution in [0.3, 0.4) is 0 Å². The summed E-state index contributed by atoms with van der Waals surface area (Å²) in [5.41, 5.74) is 0.802. The molecule has 0 radical (unpaired) electrons. The summed E-state index contributed by atoms with van der Waals surface area (Å²) in [5.74, 6) is -1.17. The highest BCUT2D eigenvalue weighted by molar-refractivity contribution is 6.36. The summed E-state index contributed by atoms with van der Waals surface area (Å²) in [6.07, 6.45) is -0.173. The van der Waals surface area contributed by atoms with Crippen molar-refractivity contribution in [3.63, 3.8) is 0 Å². The lowest BCUT2D eigenvalue weighted by Gasteiger charge is -2.30. The third-order valence-electron chi connectivity index (χ3n) is 4.29. The number of rotatable bonds is 7. The fourth-order valence-electron chi connectivity index (χ4n) is 2.75. The molecule has 0 saturated carbocycles. The van der Waals surface area contributed by atoms with E-state index in [-0.39, 0.29) is 30.5 Å². The third kappa shape index (κ3) is 5.69. The molecule has 1 N–H and O–H groups in total. The minimum atomic E-state index is -0.783. The molecule has 150 valence electrons. The second-order valence-electron chi connectivity index (χ2n) is 6.83. The monoisotopic (exact) mass is 424 g/mol. The van der Waals surface area contributed by atoms with Crippen molar-refractivity contribution in [2.24, 2.45) is 0 Å². The zero-order chi connectivity index (χ0) is 20.8. The highest BCUT2D eigenvalue weighted by Gasteiger charge is 2.28. The van der Waals surface area contributed by atoms with Crippen LogP contribution in [0.1, 0.15) is 31.9 Å². The van der Waals surface area contributed by atoms with E-state index in [1.54, 1.807) is 43.3 Å². The van der Waals surface area contributed by atoms with Gasteiger partial charge in [0.2, 0.25) is 11.8 Å². The molecule has 1 unspecified atom stereocenters. The summed E-state index contributed by atoms with van der Waals surface area (Å²) in [4.78, 5) is 26.9. The molecule has 2 rings (SSSR count). The molecule has 4 nitrogen and oxygen atoms in total. The van der Waals surface area contributed by atoms with Gasteiger partial charge in [0.1, 0.15) is 11.9 Å². The first-order valence-electron chi connectivity index (χ1n) is 8.96. The summed E-state index contributed by atoms with van der Waals surface area (Å²) < 4.78 is 14.0. The first kappa shape index (κ1) is 22.2. The smallest absolute Gasteiger partial charge is 0.242 e. The van der Waals surface area contributed by atoms with E-state index in [1.165, 1.54) is 11.0 Å². The molecule has 0 aliphatic rings. The summed E-state index contributed by atoms with van der Waals surface area (Å²) in [6.45, 7) is 5.34. The van der Waals surface area contributed by atoms with Crippen LogP contribution in [0.5, 0.6) is 0 Å². The fraction of sp³-hybridized carbons (Fsp3) is 0.333. The molecule has 0 heterocycles. The minimum Gasteiger partial charge on any atom is -0.352 e.